The number of nitrogens with zero attached hydrogens (tertiary/aromatic N) is 3. The molecular formula is C21H20F3N5O2. The number of aromatic nitrogens is 2. The molecule has 0 unspecified atom stereocenters. The number of amides is 1. The number of alkyl halides is 3. The van der Waals surface area contributed by atoms with Crippen LogP contribution in [0.4, 0.5) is 24.7 Å². The quantitative estimate of drug-likeness (QED) is 0.664. The third-order valence-electron chi connectivity index (χ3n) is 5.15. The van der Waals surface area contributed by atoms with Gasteiger partial charge in [-0.25, -0.2) is 4.98 Å². The Bertz CT molecular complexity index is 1140. The van der Waals surface area contributed by atoms with Gasteiger partial charge in [-0.2, -0.15) is 13.2 Å². The first kappa shape index (κ1) is 20.9. The highest BCUT2D eigenvalue weighted by atomic mass is 19.4. The number of rotatable bonds is 4. The molecule has 0 saturated carbocycles. The first-order chi connectivity index (χ1) is 14.8. The van der Waals surface area contributed by atoms with Gasteiger partial charge in [0.1, 0.15) is 5.82 Å². The Hall–Kier alpha value is -3.40. The molecule has 7 nitrogen and oxygen atoms in total. The molecule has 0 aliphatic carbocycles. The lowest BCUT2D eigenvalue weighted by Crippen LogP contribution is -2.48. The molecule has 1 aromatic carbocycles. The zero-order chi connectivity index (χ0) is 22.0. The van der Waals surface area contributed by atoms with Crippen LogP contribution < -0.4 is 15.8 Å². The highest BCUT2D eigenvalue weighted by molar-refractivity contribution is 5.94. The molecule has 1 saturated heterocycles. The highest BCUT2D eigenvalue weighted by Gasteiger charge is 2.31. The SMILES string of the molecule is O=C(CN1CCN(c2ccc(C(F)(F)F)cn2)CC1)Nc1ccc2[nH]c(=O)ccc2c1. The zero-order valence-electron chi connectivity index (χ0n) is 16.4. The number of aromatic amines is 1. The third-order valence-corrected chi connectivity index (χ3v) is 5.15. The summed E-state index contributed by atoms with van der Waals surface area (Å²) in [6, 6.07) is 10.8. The van der Waals surface area contributed by atoms with Crippen molar-refractivity contribution in [2.24, 2.45) is 0 Å². The first-order valence-electron chi connectivity index (χ1n) is 9.71. The van der Waals surface area contributed by atoms with Crippen molar-refractivity contribution in [3.8, 4) is 0 Å². The van der Waals surface area contributed by atoms with Gasteiger partial charge in [-0.05, 0) is 36.4 Å². The molecule has 0 radical (unpaired) electrons. The van der Waals surface area contributed by atoms with Crippen molar-refractivity contribution in [2.45, 2.75) is 6.18 Å². The van der Waals surface area contributed by atoms with E-state index in [1.165, 1.54) is 12.1 Å². The lowest BCUT2D eigenvalue weighted by atomic mass is 10.2. The second-order valence-corrected chi connectivity index (χ2v) is 7.34. The van der Waals surface area contributed by atoms with Gasteiger partial charge in [-0.15, -0.1) is 0 Å². The molecule has 1 aliphatic rings. The Morgan fingerprint density at radius 1 is 1.06 bits per heavy atom. The maximum atomic E-state index is 12.7. The molecule has 3 heterocycles. The largest absolute Gasteiger partial charge is 0.417 e. The fourth-order valence-electron chi connectivity index (χ4n) is 3.51. The lowest BCUT2D eigenvalue weighted by molar-refractivity contribution is -0.137. The van der Waals surface area contributed by atoms with Crippen molar-refractivity contribution in [3.05, 3.63) is 64.6 Å². The molecule has 1 aliphatic heterocycles. The van der Waals surface area contributed by atoms with E-state index in [0.717, 1.165) is 17.6 Å². The average molecular weight is 431 g/mol. The standard InChI is InChI=1S/C21H20F3N5O2/c22-21(23,24)15-2-5-18(25-12-15)29-9-7-28(8-10-29)13-20(31)26-16-3-4-17-14(11-16)1-6-19(30)27-17/h1-6,11-12H,7-10,13H2,(H,26,31)(H,27,30). The summed E-state index contributed by atoms with van der Waals surface area (Å²) in [6.07, 6.45) is -3.56. The van der Waals surface area contributed by atoms with Crippen molar-refractivity contribution >= 4 is 28.3 Å². The second kappa shape index (κ2) is 8.38. The molecular weight excluding hydrogens is 411 g/mol. The predicted octanol–water partition coefficient (Wildman–Crippen LogP) is 2.70. The Morgan fingerprint density at radius 3 is 2.52 bits per heavy atom. The van der Waals surface area contributed by atoms with Gasteiger partial charge in [-0.3, -0.25) is 14.5 Å². The molecule has 1 amide bonds. The van der Waals surface area contributed by atoms with Crippen molar-refractivity contribution in [3.63, 3.8) is 0 Å². The van der Waals surface area contributed by atoms with Crippen LogP contribution in [0, 0.1) is 0 Å². The first-order valence-corrected chi connectivity index (χ1v) is 9.71. The highest BCUT2D eigenvalue weighted by Crippen LogP contribution is 2.29. The van der Waals surface area contributed by atoms with Gasteiger partial charge in [-0.1, -0.05) is 0 Å². The number of fused-ring (bicyclic) bond motifs is 1. The molecule has 31 heavy (non-hydrogen) atoms. The molecule has 0 atom stereocenters. The topological polar surface area (TPSA) is 81.3 Å². The molecule has 3 aromatic rings. The van der Waals surface area contributed by atoms with Crippen LogP contribution in [0.15, 0.2) is 53.5 Å². The van der Waals surface area contributed by atoms with Gasteiger partial charge in [0.15, 0.2) is 0 Å². The number of anilines is 2. The number of benzene rings is 1. The Morgan fingerprint density at radius 2 is 1.84 bits per heavy atom. The van der Waals surface area contributed by atoms with Gasteiger partial charge < -0.3 is 15.2 Å². The minimum absolute atomic E-state index is 0.162. The van der Waals surface area contributed by atoms with E-state index in [1.807, 2.05) is 9.80 Å². The summed E-state index contributed by atoms with van der Waals surface area (Å²) in [5, 5.41) is 3.67. The molecule has 0 bridgehead atoms. The van der Waals surface area contributed by atoms with Crippen LogP contribution in [-0.2, 0) is 11.0 Å². The van der Waals surface area contributed by atoms with Crippen molar-refractivity contribution in [1.29, 1.82) is 0 Å². The molecule has 1 fully saturated rings. The molecule has 2 aromatic heterocycles. The van der Waals surface area contributed by atoms with Crippen LogP contribution in [0.3, 0.4) is 0 Å². The summed E-state index contributed by atoms with van der Waals surface area (Å²) in [7, 11) is 0. The number of hydrogen-bond donors (Lipinski definition) is 2. The molecule has 4 rings (SSSR count). The number of nitrogens with one attached hydrogen (secondary N) is 2. The number of carbonyl (C=O) groups is 1. The van der Waals surface area contributed by atoms with Crippen molar-refractivity contribution < 1.29 is 18.0 Å². The second-order valence-electron chi connectivity index (χ2n) is 7.34. The smallest absolute Gasteiger partial charge is 0.354 e. The number of pyridine rings is 2. The maximum Gasteiger partial charge on any atom is 0.417 e. The summed E-state index contributed by atoms with van der Waals surface area (Å²) >= 11 is 0. The van der Waals surface area contributed by atoms with Crippen LogP contribution in [0.25, 0.3) is 10.9 Å². The van der Waals surface area contributed by atoms with E-state index in [4.69, 9.17) is 0 Å². The van der Waals surface area contributed by atoms with E-state index in [9.17, 15) is 22.8 Å². The van der Waals surface area contributed by atoms with E-state index < -0.39 is 11.7 Å². The van der Waals surface area contributed by atoms with Gasteiger partial charge in [0.05, 0.1) is 12.1 Å². The predicted molar refractivity (Wildman–Crippen MR) is 111 cm³/mol. The van der Waals surface area contributed by atoms with Crippen LogP contribution in [0.1, 0.15) is 5.56 Å². The summed E-state index contributed by atoms with van der Waals surface area (Å²) < 4.78 is 38.0. The van der Waals surface area contributed by atoms with E-state index in [1.54, 1.807) is 24.3 Å². The number of H-pyrrole nitrogens is 1. The van der Waals surface area contributed by atoms with Gasteiger partial charge in [0, 0.05) is 55.0 Å². The zero-order valence-corrected chi connectivity index (χ0v) is 16.4. The van der Waals surface area contributed by atoms with E-state index in [-0.39, 0.29) is 18.0 Å². The van der Waals surface area contributed by atoms with Crippen molar-refractivity contribution in [1.82, 2.24) is 14.9 Å². The van der Waals surface area contributed by atoms with E-state index >= 15 is 0 Å². The fraction of sp³-hybridized carbons (Fsp3) is 0.286. The molecule has 2 N–H and O–H groups in total. The molecule has 162 valence electrons. The van der Waals surface area contributed by atoms with E-state index in [0.29, 0.717) is 43.2 Å². The van der Waals surface area contributed by atoms with Crippen molar-refractivity contribution in [2.75, 3.05) is 42.9 Å². The Labute approximate surface area is 175 Å². The number of hydrogen-bond acceptors (Lipinski definition) is 5. The van der Waals surface area contributed by atoms with Gasteiger partial charge in [0.25, 0.3) is 0 Å². The molecule has 0 spiro atoms. The number of halogens is 3. The van der Waals surface area contributed by atoms with Gasteiger partial charge >= 0.3 is 6.18 Å². The number of carbonyl (C=O) groups excluding carboxylic acids is 1. The third kappa shape index (κ3) is 5.02. The van der Waals surface area contributed by atoms with Crippen LogP contribution in [0.2, 0.25) is 0 Å². The Balaban J connectivity index is 1.30. The average Bonchev–Trinajstić information content (AvgIpc) is 2.74. The summed E-state index contributed by atoms with van der Waals surface area (Å²) in [6.45, 7) is 2.52. The fourth-order valence-corrected chi connectivity index (χ4v) is 3.51. The van der Waals surface area contributed by atoms with Crippen LogP contribution in [-0.4, -0.2) is 53.5 Å². The minimum atomic E-state index is -4.40. The van der Waals surface area contributed by atoms with Crippen LogP contribution >= 0.6 is 0 Å². The molecule has 10 heteroatoms. The monoisotopic (exact) mass is 431 g/mol. The van der Waals surface area contributed by atoms with E-state index in [2.05, 4.69) is 15.3 Å². The maximum absolute atomic E-state index is 12.7. The van der Waals surface area contributed by atoms with Crippen LogP contribution in [0.5, 0.6) is 0 Å². The summed E-state index contributed by atoms with van der Waals surface area (Å²) in [5.41, 5.74) is 0.372. The summed E-state index contributed by atoms with van der Waals surface area (Å²) in [4.78, 5) is 34.3. The normalized spacial score (nSPS) is 15.3. The minimum Gasteiger partial charge on any atom is -0.354 e. The number of piperazine rings is 1. The van der Waals surface area contributed by atoms with Gasteiger partial charge in [0.2, 0.25) is 11.5 Å². The summed E-state index contributed by atoms with van der Waals surface area (Å²) in [5.74, 6) is 0.330. The Kier molecular flexibility index (Phi) is 5.64. The lowest BCUT2D eigenvalue weighted by Gasteiger charge is -2.35.